The average Bonchev–Trinajstić information content (AvgIpc) is 2.82. The van der Waals surface area contributed by atoms with Crippen molar-refractivity contribution in [1.82, 2.24) is 4.98 Å². The quantitative estimate of drug-likeness (QED) is 0.789. The van der Waals surface area contributed by atoms with E-state index in [9.17, 15) is 4.79 Å². The van der Waals surface area contributed by atoms with Crippen molar-refractivity contribution in [3.8, 4) is 0 Å². The number of carbonyl (C=O) groups is 1. The van der Waals surface area contributed by atoms with Crippen molar-refractivity contribution in [1.29, 1.82) is 0 Å². The zero-order valence-electron chi connectivity index (χ0n) is 9.48. The molecule has 0 bridgehead atoms. The molecule has 3 nitrogen and oxygen atoms in total. The van der Waals surface area contributed by atoms with Crippen molar-refractivity contribution in [3.05, 3.63) is 29.6 Å². The monoisotopic (exact) mass is 218 g/mol. The molecule has 1 aromatic heterocycles. The Labute approximate surface area is 96.1 Å². The van der Waals surface area contributed by atoms with E-state index in [4.69, 9.17) is 5.73 Å². The molecule has 0 radical (unpaired) electrons. The van der Waals surface area contributed by atoms with Crippen molar-refractivity contribution in [3.63, 3.8) is 0 Å². The van der Waals surface area contributed by atoms with Gasteiger partial charge in [-0.3, -0.25) is 9.78 Å². The van der Waals surface area contributed by atoms with E-state index in [2.05, 4.69) is 4.98 Å². The zero-order chi connectivity index (χ0) is 11.4. The first-order valence-electron chi connectivity index (χ1n) is 5.98. The summed E-state index contributed by atoms with van der Waals surface area (Å²) in [5, 5.41) is 0. The number of hydrogen-bond donors (Lipinski definition) is 1. The molecule has 0 saturated heterocycles. The third-order valence-electron chi connectivity index (χ3n) is 3.30. The Hall–Kier alpha value is -1.22. The molecule has 0 aliphatic heterocycles. The van der Waals surface area contributed by atoms with E-state index in [0.717, 1.165) is 11.3 Å². The number of ketones is 1. The van der Waals surface area contributed by atoms with Crippen LogP contribution in [-0.2, 0) is 6.54 Å². The van der Waals surface area contributed by atoms with E-state index in [0.29, 0.717) is 18.9 Å². The lowest BCUT2D eigenvalue weighted by atomic mass is 9.97. The van der Waals surface area contributed by atoms with Gasteiger partial charge in [-0.15, -0.1) is 0 Å². The molecule has 2 N–H and O–H groups in total. The molecule has 3 heteroatoms. The van der Waals surface area contributed by atoms with E-state index in [1.165, 1.54) is 25.7 Å². The highest BCUT2D eigenvalue weighted by molar-refractivity contribution is 5.96. The van der Waals surface area contributed by atoms with Crippen molar-refractivity contribution in [2.24, 2.45) is 11.7 Å². The number of pyridine rings is 1. The van der Waals surface area contributed by atoms with Crippen LogP contribution in [0.1, 0.15) is 48.2 Å². The van der Waals surface area contributed by atoms with Gasteiger partial charge in [-0.25, -0.2) is 0 Å². The number of aromatic nitrogens is 1. The van der Waals surface area contributed by atoms with Gasteiger partial charge in [0.25, 0.3) is 0 Å². The molecule has 16 heavy (non-hydrogen) atoms. The molecular weight excluding hydrogens is 200 g/mol. The molecule has 0 aromatic carbocycles. The Kier molecular flexibility index (Phi) is 3.67. The second-order valence-electron chi connectivity index (χ2n) is 4.52. The Morgan fingerprint density at radius 2 is 2.19 bits per heavy atom. The summed E-state index contributed by atoms with van der Waals surface area (Å²) in [6.07, 6.45) is 7.34. The SMILES string of the molecule is NCc1cc(C(=O)CC2CCCC2)ccn1. The predicted molar refractivity (Wildman–Crippen MR) is 63.0 cm³/mol. The summed E-state index contributed by atoms with van der Waals surface area (Å²) in [5.41, 5.74) is 7.06. The summed E-state index contributed by atoms with van der Waals surface area (Å²) < 4.78 is 0. The molecule has 1 saturated carbocycles. The lowest BCUT2D eigenvalue weighted by molar-refractivity contribution is 0.0962. The zero-order valence-corrected chi connectivity index (χ0v) is 9.48. The predicted octanol–water partition coefficient (Wildman–Crippen LogP) is 2.30. The maximum atomic E-state index is 12.0. The number of nitrogens with zero attached hydrogens (tertiary/aromatic N) is 1. The average molecular weight is 218 g/mol. The summed E-state index contributed by atoms with van der Waals surface area (Å²) in [5.74, 6) is 0.839. The summed E-state index contributed by atoms with van der Waals surface area (Å²) in [6, 6.07) is 3.60. The van der Waals surface area contributed by atoms with E-state index in [1.807, 2.05) is 6.07 Å². The van der Waals surface area contributed by atoms with E-state index in [-0.39, 0.29) is 5.78 Å². The van der Waals surface area contributed by atoms with Gasteiger partial charge in [0.05, 0.1) is 5.69 Å². The van der Waals surface area contributed by atoms with Gasteiger partial charge in [0.1, 0.15) is 0 Å². The fourth-order valence-corrected chi connectivity index (χ4v) is 2.36. The van der Waals surface area contributed by atoms with Crippen LogP contribution in [0.5, 0.6) is 0 Å². The van der Waals surface area contributed by atoms with Crippen LogP contribution in [0.25, 0.3) is 0 Å². The lowest BCUT2D eigenvalue weighted by Gasteiger charge is -2.08. The van der Waals surface area contributed by atoms with Gasteiger partial charge in [-0.05, 0) is 18.1 Å². The van der Waals surface area contributed by atoms with Crippen molar-refractivity contribution in [2.45, 2.75) is 38.6 Å². The molecule has 1 aliphatic carbocycles. The van der Waals surface area contributed by atoms with Crippen LogP contribution in [-0.4, -0.2) is 10.8 Å². The first-order valence-corrected chi connectivity index (χ1v) is 5.98. The minimum Gasteiger partial charge on any atom is -0.325 e. The Morgan fingerprint density at radius 1 is 1.44 bits per heavy atom. The van der Waals surface area contributed by atoms with Crippen LogP contribution in [0, 0.1) is 5.92 Å². The Balaban J connectivity index is 2.01. The minimum atomic E-state index is 0.240. The van der Waals surface area contributed by atoms with Crippen LogP contribution in [0.2, 0.25) is 0 Å². The number of rotatable bonds is 4. The van der Waals surface area contributed by atoms with Gasteiger partial charge in [0, 0.05) is 24.7 Å². The topological polar surface area (TPSA) is 56.0 Å². The molecule has 0 spiro atoms. The lowest BCUT2D eigenvalue weighted by Crippen LogP contribution is -2.08. The van der Waals surface area contributed by atoms with Crippen LogP contribution in [0.4, 0.5) is 0 Å². The fraction of sp³-hybridized carbons (Fsp3) is 0.538. The van der Waals surface area contributed by atoms with Crippen molar-refractivity contribution in [2.75, 3.05) is 0 Å². The second-order valence-corrected chi connectivity index (χ2v) is 4.52. The summed E-state index contributed by atoms with van der Waals surface area (Å²) in [6.45, 7) is 0.393. The largest absolute Gasteiger partial charge is 0.325 e. The number of Topliss-reactive ketones (excluding diaryl/α,β-unsaturated/α-hetero) is 1. The van der Waals surface area contributed by atoms with Gasteiger partial charge in [0.15, 0.2) is 5.78 Å². The molecule has 0 atom stereocenters. The van der Waals surface area contributed by atoms with E-state index in [1.54, 1.807) is 12.3 Å². The van der Waals surface area contributed by atoms with Crippen LogP contribution >= 0.6 is 0 Å². The maximum Gasteiger partial charge on any atom is 0.163 e. The first kappa shape index (κ1) is 11.3. The first-order chi connectivity index (χ1) is 7.79. The van der Waals surface area contributed by atoms with Crippen LogP contribution < -0.4 is 5.73 Å². The van der Waals surface area contributed by atoms with Gasteiger partial charge >= 0.3 is 0 Å². The number of hydrogen-bond acceptors (Lipinski definition) is 3. The van der Waals surface area contributed by atoms with Gasteiger partial charge in [0.2, 0.25) is 0 Å². The summed E-state index contributed by atoms with van der Waals surface area (Å²) in [4.78, 5) is 16.1. The standard InChI is InChI=1S/C13H18N2O/c14-9-12-8-11(5-6-15-12)13(16)7-10-3-1-2-4-10/h5-6,8,10H,1-4,7,9,14H2. The molecule has 0 unspecified atom stereocenters. The molecule has 1 aromatic rings. The van der Waals surface area contributed by atoms with E-state index >= 15 is 0 Å². The number of carbonyl (C=O) groups excluding carboxylic acids is 1. The highest BCUT2D eigenvalue weighted by Gasteiger charge is 2.19. The molecular formula is C13H18N2O. The highest BCUT2D eigenvalue weighted by atomic mass is 16.1. The van der Waals surface area contributed by atoms with E-state index < -0.39 is 0 Å². The van der Waals surface area contributed by atoms with Crippen LogP contribution in [0.15, 0.2) is 18.3 Å². The van der Waals surface area contributed by atoms with Crippen molar-refractivity contribution < 1.29 is 4.79 Å². The smallest absolute Gasteiger partial charge is 0.163 e. The maximum absolute atomic E-state index is 12.0. The molecule has 1 heterocycles. The molecule has 2 rings (SSSR count). The van der Waals surface area contributed by atoms with Crippen LogP contribution in [0.3, 0.4) is 0 Å². The van der Waals surface area contributed by atoms with Gasteiger partial charge in [-0.2, -0.15) is 0 Å². The number of nitrogens with two attached hydrogens (primary N) is 1. The molecule has 86 valence electrons. The third-order valence-corrected chi connectivity index (χ3v) is 3.30. The minimum absolute atomic E-state index is 0.240. The highest BCUT2D eigenvalue weighted by Crippen LogP contribution is 2.28. The molecule has 1 aliphatic rings. The Bertz CT molecular complexity index is 370. The van der Waals surface area contributed by atoms with Crippen molar-refractivity contribution >= 4 is 5.78 Å². The normalized spacial score (nSPS) is 16.6. The third kappa shape index (κ3) is 2.67. The summed E-state index contributed by atoms with van der Waals surface area (Å²) >= 11 is 0. The molecule has 0 amide bonds. The fourth-order valence-electron chi connectivity index (χ4n) is 2.36. The Morgan fingerprint density at radius 3 is 2.88 bits per heavy atom. The van der Waals surface area contributed by atoms with Gasteiger partial charge < -0.3 is 5.73 Å². The summed E-state index contributed by atoms with van der Waals surface area (Å²) in [7, 11) is 0. The second kappa shape index (κ2) is 5.21. The van der Waals surface area contributed by atoms with Gasteiger partial charge in [-0.1, -0.05) is 25.7 Å². The molecule has 1 fully saturated rings.